The highest BCUT2D eigenvalue weighted by molar-refractivity contribution is 6.32. The molecule has 0 aliphatic heterocycles. The van der Waals surface area contributed by atoms with Crippen molar-refractivity contribution in [3.63, 3.8) is 0 Å². The average molecular weight is 611 g/mol. The Bertz CT molecular complexity index is 1840. The Morgan fingerprint density at radius 2 is 1.57 bits per heavy atom. The summed E-state index contributed by atoms with van der Waals surface area (Å²) in [4.78, 5) is 35.1. The Hall–Kier alpha value is -4.82. The zero-order valence-electron chi connectivity index (χ0n) is 23.9. The van der Waals surface area contributed by atoms with Crippen molar-refractivity contribution in [3.8, 4) is 23.1 Å². The van der Waals surface area contributed by atoms with E-state index in [2.05, 4.69) is 9.97 Å². The molecule has 44 heavy (non-hydrogen) atoms. The predicted octanol–water partition coefficient (Wildman–Crippen LogP) is 7.51. The van der Waals surface area contributed by atoms with Gasteiger partial charge in [-0.2, -0.15) is 0 Å². The maximum Gasteiger partial charge on any atom is 0.238 e. The number of pyridine rings is 2. The molecule has 1 aliphatic rings. The van der Waals surface area contributed by atoms with Gasteiger partial charge in [-0.3, -0.25) is 14.6 Å². The lowest BCUT2D eigenvalue weighted by atomic mass is 9.88. The van der Waals surface area contributed by atoms with Gasteiger partial charge in [0.1, 0.15) is 23.2 Å². The van der Waals surface area contributed by atoms with Gasteiger partial charge in [0.25, 0.3) is 0 Å². The molecular formula is C35H28ClFN2O5. The number of ketones is 2. The van der Waals surface area contributed by atoms with E-state index < -0.39 is 5.41 Å². The van der Waals surface area contributed by atoms with Crippen molar-refractivity contribution < 1.29 is 28.2 Å². The fourth-order valence-electron chi connectivity index (χ4n) is 5.12. The van der Waals surface area contributed by atoms with E-state index in [-0.39, 0.29) is 41.1 Å². The molecule has 222 valence electrons. The molecule has 0 spiro atoms. The maximum atomic E-state index is 13.2. The molecule has 0 N–H and O–H groups in total. The summed E-state index contributed by atoms with van der Waals surface area (Å²) >= 11 is 6.55. The van der Waals surface area contributed by atoms with Gasteiger partial charge < -0.3 is 14.2 Å². The Morgan fingerprint density at radius 3 is 2.25 bits per heavy atom. The number of hydrogen-bond acceptors (Lipinski definition) is 7. The number of rotatable bonds is 12. The number of benzene rings is 3. The van der Waals surface area contributed by atoms with Gasteiger partial charge in [0.2, 0.25) is 5.88 Å². The lowest BCUT2D eigenvalue weighted by Crippen LogP contribution is -2.29. The Morgan fingerprint density at radius 1 is 0.841 bits per heavy atom. The number of aromatic nitrogens is 2. The number of nitrogens with zero attached hydrogens (tertiary/aromatic N) is 2. The third-order valence-electron chi connectivity index (χ3n) is 7.75. The second-order valence-electron chi connectivity index (χ2n) is 10.7. The molecule has 0 amide bonds. The van der Waals surface area contributed by atoms with Crippen LogP contribution < -0.4 is 14.2 Å². The number of halogens is 2. The molecule has 3 aromatic carbocycles. The highest BCUT2D eigenvalue weighted by Gasteiger charge is 2.54. The molecule has 0 atom stereocenters. The number of carbonyl (C=O) groups is 2. The topological polar surface area (TPSA) is 87.6 Å². The molecule has 1 saturated carbocycles. The zero-order chi connectivity index (χ0) is 30.7. The third-order valence-corrected chi connectivity index (χ3v) is 8.03. The molecular weight excluding hydrogens is 583 g/mol. The number of hydrogen-bond donors (Lipinski definition) is 0. The second-order valence-corrected chi connectivity index (χ2v) is 11.2. The van der Waals surface area contributed by atoms with E-state index in [1.807, 2.05) is 30.3 Å². The minimum Gasteiger partial charge on any atom is -0.493 e. The van der Waals surface area contributed by atoms with Crippen LogP contribution in [0.5, 0.6) is 23.1 Å². The lowest BCUT2D eigenvalue weighted by Gasteiger charge is -2.15. The first-order valence-corrected chi connectivity index (χ1v) is 14.5. The van der Waals surface area contributed by atoms with Crippen LogP contribution in [0.4, 0.5) is 4.39 Å². The molecule has 9 heteroatoms. The van der Waals surface area contributed by atoms with E-state index in [9.17, 15) is 14.0 Å². The van der Waals surface area contributed by atoms with Gasteiger partial charge in [0, 0.05) is 36.7 Å². The fourth-order valence-corrected chi connectivity index (χ4v) is 5.34. The Kier molecular flexibility index (Phi) is 8.26. The number of methoxy groups -OCH3 is 1. The largest absolute Gasteiger partial charge is 0.493 e. The molecule has 0 unspecified atom stereocenters. The van der Waals surface area contributed by atoms with Gasteiger partial charge in [0.15, 0.2) is 23.1 Å². The van der Waals surface area contributed by atoms with Crippen LogP contribution in [0.3, 0.4) is 0 Å². The lowest BCUT2D eigenvalue weighted by molar-refractivity contribution is -0.133. The minimum atomic E-state index is -1.01. The van der Waals surface area contributed by atoms with E-state index in [1.165, 1.54) is 18.3 Å². The molecule has 2 aromatic heterocycles. The average Bonchev–Trinajstić information content (AvgIpc) is 3.85. The first-order chi connectivity index (χ1) is 21.3. The summed E-state index contributed by atoms with van der Waals surface area (Å²) in [6.07, 6.45) is 4.26. The van der Waals surface area contributed by atoms with Crippen molar-refractivity contribution in [1.29, 1.82) is 0 Å². The summed E-state index contributed by atoms with van der Waals surface area (Å²) in [7, 11) is 1.56. The molecule has 1 aliphatic carbocycles. The number of ether oxygens (including phenoxy) is 3. The second kappa shape index (κ2) is 12.4. The summed E-state index contributed by atoms with van der Waals surface area (Å²) in [5, 5.41) is 0.890. The minimum absolute atomic E-state index is 0.0172. The standard InChI is InChI=1S/C35H28ClFN2O5/c1-42-30-18-26-28(19-31(30)43-21-23-5-3-2-4-6-23)38-14-11-29(26)44-34-27(36)15-24(20-39-34)17-33(41)35(12-13-35)32(40)16-22-7-9-25(37)10-8-22/h2-11,14-15,18-20H,12-13,16-17,21H2,1H3. The molecule has 0 saturated heterocycles. The molecule has 1 fully saturated rings. The van der Waals surface area contributed by atoms with Gasteiger partial charge >= 0.3 is 0 Å². The predicted molar refractivity (Wildman–Crippen MR) is 164 cm³/mol. The van der Waals surface area contributed by atoms with Gasteiger partial charge in [-0.15, -0.1) is 0 Å². The summed E-state index contributed by atoms with van der Waals surface area (Å²) in [6.45, 7) is 0.372. The van der Waals surface area contributed by atoms with E-state index >= 15 is 0 Å². The summed E-state index contributed by atoms with van der Waals surface area (Å²) in [6, 6.07) is 22.5. The van der Waals surface area contributed by atoms with Gasteiger partial charge in [-0.05, 0) is 59.9 Å². The van der Waals surface area contributed by atoms with Crippen molar-refractivity contribution >= 4 is 34.1 Å². The van der Waals surface area contributed by atoms with Gasteiger partial charge in [-0.1, -0.05) is 54.1 Å². The van der Waals surface area contributed by atoms with Crippen LogP contribution in [0.15, 0.2) is 91.3 Å². The van der Waals surface area contributed by atoms with Crippen LogP contribution in [-0.4, -0.2) is 28.6 Å². The van der Waals surface area contributed by atoms with Crippen molar-refractivity contribution in [1.82, 2.24) is 9.97 Å². The molecule has 6 rings (SSSR count). The molecule has 2 heterocycles. The van der Waals surface area contributed by atoms with Crippen LogP contribution >= 0.6 is 11.6 Å². The Labute approximate surface area is 258 Å². The fraction of sp³-hybridized carbons (Fsp3) is 0.200. The highest BCUT2D eigenvalue weighted by Crippen LogP contribution is 2.49. The van der Waals surface area contributed by atoms with Crippen LogP contribution in [0.2, 0.25) is 5.02 Å². The number of carbonyl (C=O) groups excluding carboxylic acids is 2. The van der Waals surface area contributed by atoms with Crippen molar-refractivity contribution in [3.05, 3.63) is 119 Å². The van der Waals surface area contributed by atoms with Crippen LogP contribution in [0.1, 0.15) is 29.5 Å². The maximum absolute atomic E-state index is 13.2. The van der Waals surface area contributed by atoms with Crippen LogP contribution in [-0.2, 0) is 29.0 Å². The monoisotopic (exact) mass is 610 g/mol. The van der Waals surface area contributed by atoms with Crippen molar-refractivity contribution in [2.24, 2.45) is 5.41 Å². The molecule has 5 aromatic rings. The smallest absolute Gasteiger partial charge is 0.238 e. The quantitative estimate of drug-likeness (QED) is 0.135. The molecule has 7 nitrogen and oxygen atoms in total. The number of Topliss-reactive ketones (excluding diaryl/α,β-unsaturated/α-hetero) is 2. The third kappa shape index (κ3) is 6.26. The first-order valence-electron chi connectivity index (χ1n) is 14.1. The highest BCUT2D eigenvalue weighted by atomic mass is 35.5. The SMILES string of the molecule is COc1cc2c(Oc3ncc(CC(=O)C4(C(=O)Cc5ccc(F)cc5)CC4)cc3Cl)ccnc2cc1OCc1ccccc1. The van der Waals surface area contributed by atoms with Gasteiger partial charge in [0.05, 0.1) is 18.0 Å². The van der Waals surface area contributed by atoms with E-state index in [0.29, 0.717) is 58.7 Å². The Balaban J connectivity index is 1.15. The zero-order valence-corrected chi connectivity index (χ0v) is 24.6. The van der Waals surface area contributed by atoms with E-state index in [0.717, 1.165) is 5.56 Å². The summed E-state index contributed by atoms with van der Waals surface area (Å²) in [5.74, 6) is 0.989. The first kappa shape index (κ1) is 29.3. The van der Waals surface area contributed by atoms with E-state index in [4.69, 9.17) is 25.8 Å². The number of fused-ring (bicyclic) bond motifs is 1. The summed E-state index contributed by atoms with van der Waals surface area (Å²) in [5.41, 5.74) is 1.90. The summed E-state index contributed by atoms with van der Waals surface area (Å²) < 4.78 is 30.9. The molecule has 0 bridgehead atoms. The van der Waals surface area contributed by atoms with Gasteiger partial charge in [-0.25, -0.2) is 9.37 Å². The van der Waals surface area contributed by atoms with Crippen molar-refractivity contribution in [2.45, 2.75) is 32.3 Å². The van der Waals surface area contributed by atoms with E-state index in [1.54, 1.807) is 49.7 Å². The van der Waals surface area contributed by atoms with Crippen LogP contribution in [0.25, 0.3) is 10.9 Å². The van der Waals surface area contributed by atoms with Crippen molar-refractivity contribution in [2.75, 3.05) is 7.11 Å². The molecule has 0 radical (unpaired) electrons. The van der Waals surface area contributed by atoms with Crippen LogP contribution in [0, 0.1) is 11.2 Å². The normalized spacial score (nSPS) is 13.3.